The second-order valence-electron chi connectivity index (χ2n) is 9.31. The molecular weight excluding hydrogens is 365 g/mol. The molecule has 1 aliphatic heterocycles. The van der Waals surface area contributed by atoms with Gasteiger partial charge in [0.1, 0.15) is 17.0 Å². The van der Waals surface area contributed by atoms with Crippen LogP contribution in [0.15, 0.2) is 41.6 Å². The molecule has 0 N–H and O–H groups in total. The number of hydrogen-bond acceptors (Lipinski definition) is 5. The van der Waals surface area contributed by atoms with Gasteiger partial charge in [0.25, 0.3) is 0 Å². The highest BCUT2D eigenvalue weighted by atomic mass is 16.7. The molecule has 0 spiro atoms. The van der Waals surface area contributed by atoms with Crippen LogP contribution >= 0.6 is 0 Å². The average molecular weight is 395 g/mol. The van der Waals surface area contributed by atoms with E-state index in [0.29, 0.717) is 5.75 Å². The number of hydrogen-bond donors (Lipinski definition) is 0. The maximum absolute atomic E-state index is 11.4. The Bertz CT molecular complexity index is 900. The summed E-state index contributed by atoms with van der Waals surface area (Å²) in [4.78, 5) is 11.4. The lowest BCUT2D eigenvalue weighted by Crippen LogP contribution is -2.41. The molecule has 3 rings (SSSR count). The van der Waals surface area contributed by atoms with Crippen molar-refractivity contribution in [2.75, 3.05) is 0 Å². The fourth-order valence-electron chi connectivity index (χ4n) is 3.30. The molecule has 6 heteroatoms. The zero-order valence-electron chi connectivity index (χ0n) is 18.6. The SMILES string of the molecule is Cc1cccc(C)c1Oc1ccc(C(C)(C)N=O)cc1B1OC(C)(C)C(C)(C)O1. The summed E-state index contributed by atoms with van der Waals surface area (Å²) >= 11 is 0. The van der Waals surface area contributed by atoms with Crippen molar-refractivity contribution in [3.05, 3.63) is 58.0 Å². The van der Waals surface area contributed by atoms with E-state index in [4.69, 9.17) is 14.0 Å². The summed E-state index contributed by atoms with van der Waals surface area (Å²) in [5, 5.41) is 3.29. The zero-order valence-corrected chi connectivity index (χ0v) is 18.6. The predicted octanol–water partition coefficient (Wildman–Crippen LogP) is 5.40. The maximum Gasteiger partial charge on any atom is 0.498 e. The predicted molar refractivity (Wildman–Crippen MR) is 117 cm³/mol. The number of rotatable bonds is 5. The molecule has 0 radical (unpaired) electrons. The van der Waals surface area contributed by atoms with Gasteiger partial charge in [-0.15, -0.1) is 4.91 Å². The maximum atomic E-state index is 11.4. The van der Waals surface area contributed by atoms with Gasteiger partial charge in [-0.25, -0.2) is 0 Å². The summed E-state index contributed by atoms with van der Waals surface area (Å²) in [6.45, 7) is 15.7. The molecular formula is C23H30BNO4. The Labute approximate surface area is 173 Å². The Kier molecular flexibility index (Phi) is 5.39. The third-order valence-electron chi connectivity index (χ3n) is 6.07. The lowest BCUT2D eigenvalue weighted by molar-refractivity contribution is 0.00578. The highest BCUT2D eigenvalue weighted by Gasteiger charge is 2.52. The number of para-hydroxylation sites is 1. The molecule has 0 bridgehead atoms. The minimum Gasteiger partial charge on any atom is -0.457 e. The molecule has 0 unspecified atom stereocenters. The van der Waals surface area contributed by atoms with Crippen LogP contribution in [0.4, 0.5) is 0 Å². The molecule has 1 saturated heterocycles. The largest absolute Gasteiger partial charge is 0.498 e. The van der Waals surface area contributed by atoms with Crippen molar-refractivity contribution in [2.24, 2.45) is 5.18 Å². The highest BCUT2D eigenvalue weighted by Crippen LogP contribution is 2.38. The van der Waals surface area contributed by atoms with Crippen LogP contribution in [0.5, 0.6) is 11.5 Å². The van der Waals surface area contributed by atoms with E-state index in [9.17, 15) is 4.91 Å². The van der Waals surface area contributed by atoms with Crippen molar-refractivity contribution >= 4 is 12.6 Å². The van der Waals surface area contributed by atoms with Gasteiger partial charge in [-0.3, -0.25) is 0 Å². The van der Waals surface area contributed by atoms with Gasteiger partial charge in [-0.05, 0) is 78.1 Å². The van der Waals surface area contributed by atoms with Crippen molar-refractivity contribution in [3.63, 3.8) is 0 Å². The van der Waals surface area contributed by atoms with Crippen molar-refractivity contribution in [1.29, 1.82) is 0 Å². The summed E-state index contributed by atoms with van der Waals surface area (Å²) in [5.74, 6) is 1.46. The number of ether oxygens (including phenoxy) is 1. The minimum atomic E-state index is -0.866. The third-order valence-corrected chi connectivity index (χ3v) is 6.07. The Morgan fingerprint density at radius 1 is 0.966 bits per heavy atom. The van der Waals surface area contributed by atoms with Gasteiger partial charge in [0.05, 0.1) is 11.2 Å². The van der Waals surface area contributed by atoms with E-state index in [0.717, 1.165) is 27.9 Å². The smallest absolute Gasteiger partial charge is 0.457 e. The monoisotopic (exact) mass is 395 g/mol. The van der Waals surface area contributed by atoms with Crippen molar-refractivity contribution in [2.45, 2.75) is 72.1 Å². The van der Waals surface area contributed by atoms with Crippen LogP contribution in [0.2, 0.25) is 0 Å². The fourth-order valence-corrected chi connectivity index (χ4v) is 3.30. The van der Waals surface area contributed by atoms with Gasteiger partial charge in [0.2, 0.25) is 0 Å². The lowest BCUT2D eigenvalue weighted by Gasteiger charge is -2.32. The molecule has 0 aliphatic carbocycles. The Hall–Kier alpha value is -2.18. The summed E-state index contributed by atoms with van der Waals surface area (Å²) in [5.41, 5.74) is 1.79. The van der Waals surface area contributed by atoms with Crippen LogP contribution in [0.25, 0.3) is 0 Å². The first kappa shape index (κ1) is 21.5. The first-order chi connectivity index (χ1) is 13.4. The molecule has 1 heterocycles. The quantitative estimate of drug-likeness (QED) is 0.503. The van der Waals surface area contributed by atoms with Crippen molar-refractivity contribution in [3.8, 4) is 11.5 Å². The van der Waals surface area contributed by atoms with E-state index < -0.39 is 23.9 Å². The molecule has 0 amide bonds. The molecule has 5 nitrogen and oxygen atoms in total. The Balaban J connectivity index is 2.10. The average Bonchev–Trinajstić information content (AvgIpc) is 2.85. The molecule has 1 aliphatic rings. The standard InChI is InChI=1S/C23H30BNO4/c1-15-10-9-11-16(2)20(15)27-19-13-12-17(21(3,4)25-26)14-18(19)24-28-22(5,6)23(7,8)29-24/h9-14H,1-8H3. The van der Waals surface area contributed by atoms with Gasteiger partial charge < -0.3 is 14.0 Å². The molecule has 0 saturated carbocycles. The lowest BCUT2D eigenvalue weighted by atomic mass is 9.76. The molecule has 0 atom stereocenters. The second-order valence-corrected chi connectivity index (χ2v) is 9.31. The summed E-state index contributed by atoms with van der Waals surface area (Å²) in [6, 6.07) is 11.7. The molecule has 2 aromatic carbocycles. The van der Waals surface area contributed by atoms with E-state index in [2.05, 4.69) is 5.18 Å². The van der Waals surface area contributed by atoms with Crippen LogP contribution in [0.3, 0.4) is 0 Å². The van der Waals surface area contributed by atoms with Crippen LogP contribution in [-0.4, -0.2) is 18.3 Å². The Morgan fingerprint density at radius 2 is 1.52 bits per heavy atom. The number of nitroso groups, excluding NO2 is 1. The first-order valence-corrected chi connectivity index (χ1v) is 9.96. The topological polar surface area (TPSA) is 57.1 Å². The minimum absolute atomic E-state index is 0.484. The van der Waals surface area contributed by atoms with Gasteiger partial charge in [-0.2, -0.15) is 0 Å². The third kappa shape index (κ3) is 3.96. The number of aryl methyl sites for hydroxylation is 2. The van der Waals surface area contributed by atoms with Gasteiger partial charge >= 0.3 is 7.12 Å². The van der Waals surface area contributed by atoms with Gasteiger partial charge in [0, 0.05) is 5.46 Å². The van der Waals surface area contributed by atoms with Gasteiger partial charge in [-0.1, -0.05) is 35.5 Å². The summed E-state index contributed by atoms with van der Waals surface area (Å²) in [6.07, 6.45) is 0. The molecule has 29 heavy (non-hydrogen) atoms. The van der Waals surface area contributed by atoms with Crippen LogP contribution in [-0.2, 0) is 14.8 Å². The van der Waals surface area contributed by atoms with Gasteiger partial charge in [0.15, 0.2) is 0 Å². The number of nitrogens with zero attached hydrogens (tertiary/aromatic N) is 1. The fraction of sp³-hybridized carbons (Fsp3) is 0.478. The molecule has 2 aromatic rings. The molecule has 0 aromatic heterocycles. The molecule has 154 valence electrons. The van der Waals surface area contributed by atoms with Crippen LogP contribution < -0.4 is 10.2 Å². The summed E-state index contributed by atoms with van der Waals surface area (Å²) in [7, 11) is -0.610. The zero-order chi connectivity index (χ0) is 21.6. The normalized spacial score (nSPS) is 18.0. The van der Waals surface area contributed by atoms with Crippen molar-refractivity contribution in [1.82, 2.24) is 0 Å². The van der Waals surface area contributed by atoms with Crippen LogP contribution in [0.1, 0.15) is 58.2 Å². The Morgan fingerprint density at radius 3 is 2.03 bits per heavy atom. The van der Waals surface area contributed by atoms with E-state index in [1.807, 2.05) is 77.9 Å². The summed E-state index contributed by atoms with van der Waals surface area (Å²) < 4.78 is 18.9. The highest BCUT2D eigenvalue weighted by molar-refractivity contribution is 6.63. The second kappa shape index (κ2) is 7.26. The van der Waals surface area contributed by atoms with Crippen LogP contribution in [0, 0.1) is 18.8 Å². The van der Waals surface area contributed by atoms with E-state index >= 15 is 0 Å². The van der Waals surface area contributed by atoms with E-state index in [1.54, 1.807) is 13.8 Å². The molecule has 1 fully saturated rings. The first-order valence-electron chi connectivity index (χ1n) is 9.96. The number of benzene rings is 2. The van der Waals surface area contributed by atoms with E-state index in [1.165, 1.54) is 0 Å². The van der Waals surface area contributed by atoms with E-state index in [-0.39, 0.29) is 0 Å². The van der Waals surface area contributed by atoms with Crippen molar-refractivity contribution < 1.29 is 14.0 Å².